The van der Waals surface area contributed by atoms with Gasteiger partial charge >= 0.3 is 5.97 Å². The van der Waals surface area contributed by atoms with Gasteiger partial charge in [0.1, 0.15) is 0 Å². The molecule has 0 aliphatic carbocycles. The lowest BCUT2D eigenvalue weighted by molar-refractivity contribution is 0.0698. The molecule has 0 aromatic heterocycles. The van der Waals surface area contributed by atoms with Gasteiger partial charge in [0.15, 0.2) is 0 Å². The highest BCUT2D eigenvalue weighted by molar-refractivity contribution is 5.94. The van der Waals surface area contributed by atoms with Crippen molar-refractivity contribution < 1.29 is 9.90 Å². The van der Waals surface area contributed by atoms with Crippen LogP contribution in [0, 0.1) is 23.2 Å². The molecule has 74 valence electrons. The molecule has 0 atom stereocenters. The van der Waals surface area contributed by atoms with Crippen LogP contribution in [0.5, 0.6) is 0 Å². The van der Waals surface area contributed by atoms with Gasteiger partial charge < -0.3 is 10.8 Å². The molecular formula is C11H8N2O2. The Labute approximate surface area is 86.9 Å². The third-order valence-electron chi connectivity index (χ3n) is 1.68. The number of nitrogens with zero attached hydrogens (tertiary/aromatic N) is 1. The van der Waals surface area contributed by atoms with Crippen LogP contribution < -0.4 is 5.73 Å². The predicted molar refractivity (Wildman–Crippen MR) is 54.9 cm³/mol. The van der Waals surface area contributed by atoms with Gasteiger partial charge in [0.05, 0.1) is 18.1 Å². The number of hydrogen-bond donors (Lipinski definition) is 2. The molecule has 4 nitrogen and oxygen atoms in total. The largest absolute Gasteiger partial charge is 0.478 e. The Bertz CT molecular complexity index is 490. The van der Waals surface area contributed by atoms with E-state index < -0.39 is 5.97 Å². The predicted octanol–water partition coefficient (Wildman–Crippen LogP) is 1.23. The number of carboxylic acids is 1. The summed E-state index contributed by atoms with van der Waals surface area (Å²) < 4.78 is 0. The molecule has 0 bridgehead atoms. The lowest BCUT2D eigenvalue weighted by atomic mass is 10.1. The summed E-state index contributed by atoms with van der Waals surface area (Å²) in [6, 6.07) is 6.37. The summed E-state index contributed by atoms with van der Waals surface area (Å²) in [6.45, 7) is 0. The van der Waals surface area contributed by atoms with Crippen molar-refractivity contribution in [1.82, 2.24) is 0 Å². The van der Waals surface area contributed by atoms with E-state index in [2.05, 4.69) is 11.8 Å². The molecule has 3 N–H and O–H groups in total. The van der Waals surface area contributed by atoms with E-state index >= 15 is 0 Å². The van der Waals surface area contributed by atoms with Crippen molar-refractivity contribution in [3.8, 4) is 17.9 Å². The number of anilines is 1. The number of carbonyl (C=O) groups is 1. The van der Waals surface area contributed by atoms with Crippen molar-refractivity contribution in [1.29, 1.82) is 5.26 Å². The molecule has 0 fully saturated rings. The number of carboxylic acid groups (broad SMARTS) is 1. The van der Waals surface area contributed by atoms with E-state index in [4.69, 9.17) is 16.1 Å². The first-order valence-corrected chi connectivity index (χ1v) is 4.14. The molecule has 0 unspecified atom stereocenters. The van der Waals surface area contributed by atoms with E-state index in [0.717, 1.165) is 0 Å². The molecule has 0 spiro atoms. The van der Waals surface area contributed by atoms with Crippen molar-refractivity contribution in [2.45, 2.75) is 6.42 Å². The maximum absolute atomic E-state index is 10.7. The van der Waals surface area contributed by atoms with Gasteiger partial charge in [-0.15, -0.1) is 0 Å². The first-order chi connectivity index (χ1) is 7.15. The molecule has 0 radical (unpaired) electrons. The van der Waals surface area contributed by atoms with Gasteiger partial charge in [0.2, 0.25) is 0 Å². The maximum Gasteiger partial charge on any atom is 0.337 e. The highest BCUT2D eigenvalue weighted by Gasteiger charge is 2.07. The third kappa shape index (κ3) is 2.75. The number of rotatable bonds is 1. The fourth-order valence-electron chi connectivity index (χ4n) is 1.01. The quantitative estimate of drug-likeness (QED) is 0.527. The summed E-state index contributed by atoms with van der Waals surface area (Å²) in [7, 11) is 0. The van der Waals surface area contributed by atoms with Crippen molar-refractivity contribution in [2.75, 3.05) is 5.73 Å². The van der Waals surface area contributed by atoms with Crippen molar-refractivity contribution >= 4 is 11.7 Å². The molecule has 4 heteroatoms. The Kier molecular flexibility index (Phi) is 3.32. The third-order valence-corrected chi connectivity index (χ3v) is 1.68. The summed E-state index contributed by atoms with van der Waals surface area (Å²) in [5.74, 6) is 4.18. The second kappa shape index (κ2) is 4.69. The van der Waals surface area contributed by atoms with E-state index in [9.17, 15) is 4.79 Å². The number of hydrogen-bond acceptors (Lipinski definition) is 3. The SMILES string of the molecule is N#CCC#Cc1ccc(N)c(C(=O)O)c1. The van der Waals surface area contributed by atoms with Crippen LogP contribution in [0.4, 0.5) is 5.69 Å². The molecule has 0 saturated heterocycles. The summed E-state index contributed by atoms with van der Waals surface area (Å²) in [5.41, 5.74) is 6.23. The Balaban J connectivity index is 3.05. The van der Waals surface area contributed by atoms with E-state index in [1.54, 1.807) is 6.07 Å². The van der Waals surface area contributed by atoms with Gasteiger partial charge in [0.25, 0.3) is 0 Å². The number of benzene rings is 1. The molecule has 1 aromatic rings. The minimum atomic E-state index is -1.09. The van der Waals surface area contributed by atoms with Crippen LogP contribution in [0.25, 0.3) is 0 Å². The minimum Gasteiger partial charge on any atom is -0.478 e. The first-order valence-electron chi connectivity index (χ1n) is 4.14. The number of nitrogens with two attached hydrogens (primary N) is 1. The Morgan fingerprint density at radius 3 is 2.87 bits per heavy atom. The average Bonchev–Trinajstić information content (AvgIpc) is 2.20. The summed E-state index contributed by atoms with van der Waals surface area (Å²) >= 11 is 0. The van der Waals surface area contributed by atoms with E-state index in [1.807, 2.05) is 6.07 Å². The number of nitrogen functional groups attached to an aromatic ring is 1. The van der Waals surface area contributed by atoms with E-state index in [1.165, 1.54) is 12.1 Å². The lowest BCUT2D eigenvalue weighted by Gasteiger charge is -2.00. The first kappa shape index (κ1) is 10.6. The molecule has 0 aliphatic rings. The molecule has 0 aliphatic heterocycles. The van der Waals surface area contributed by atoms with Crippen molar-refractivity contribution in [3.63, 3.8) is 0 Å². The van der Waals surface area contributed by atoms with Crippen LogP contribution >= 0.6 is 0 Å². The Hall–Kier alpha value is -2.46. The standard InChI is InChI=1S/C11H8N2O2/c12-6-2-1-3-8-4-5-10(13)9(7-8)11(14)15/h4-5,7H,2,13H2,(H,14,15). The fraction of sp³-hybridized carbons (Fsp3) is 0.0909. The number of aromatic carboxylic acids is 1. The van der Waals surface area contributed by atoms with Crippen LogP contribution in [0.15, 0.2) is 18.2 Å². The molecule has 0 saturated carbocycles. The Morgan fingerprint density at radius 1 is 1.53 bits per heavy atom. The van der Waals surface area contributed by atoms with Gasteiger partial charge in [-0.2, -0.15) is 5.26 Å². The topological polar surface area (TPSA) is 87.1 Å². The van der Waals surface area contributed by atoms with Crippen LogP contribution in [0.2, 0.25) is 0 Å². The fourth-order valence-corrected chi connectivity index (χ4v) is 1.01. The maximum atomic E-state index is 10.7. The second-order valence-electron chi connectivity index (χ2n) is 2.74. The van der Waals surface area contributed by atoms with Gasteiger partial charge in [-0.25, -0.2) is 4.79 Å². The molecule has 0 amide bonds. The monoisotopic (exact) mass is 200 g/mol. The Morgan fingerprint density at radius 2 is 2.27 bits per heavy atom. The summed E-state index contributed by atoms with van der Waals surface area (Å²) in [4.78, 5) is 10.7. The number of nitriles is 1. The van der Waals surface area contributed by atoms with Gasteiger partial charge in [0, 0.05) is 11.3 Å². The minimum absolute atomic E-state index is 0.0266. The zero-order chi connectivity index (χ0) is 11.3. The normalized spacial score (nSPS) is 8.47. The molecule has 15 heavy (non-hydrogen) atoms. The smallest absolute Gasteiger partial charge is 0.337 e. The lowest BCUT2D eigenvalue weighted by Crippen LogP contribution is -2.02. The van der Waals surface area contributed by atoms with Gasteiger partial charge in [-0.05, 0) is 18.2 Å². The highest BCUT2D eigenvalue weighted by atomic mass is 16.4. The van der Waals surface area contributed by atoms with Crippen molar-refractivity contribution in [2.24, 2.45) is 0 Å². The molecule has 0 heterocycles. The summed E-state index contributed by atoms with van der Waals surface area (Å²) in [6.07, 6.45) is 0.118. The van der Waals surface area contributed by atoms with Crippen LogP contribution in [0.3, 0.4) is 0 Å². The highest BCUT2D eigenvalue weighted by Crippen LogP contribution is 2.13. The zero-order valence-corrected chi connectivity index (χ0v) is 7.82. The molecule has 1 aromatic carbocycles. The zero-order valence-electron chi connectivity index (χ0n) is 7.82. The molecular weight excluding hydrogens is 192 g/mol. The second-order valence-corrected chi connectivity index (χ2v) is 2.74. The van der Waals surface area contributed by atoms with E-state index in [-0.39, 0.29) is 17.7 Å². The van der Waals surface area contributed by atoms with Gasteiger partial charge in [-0.3, -0.25) is 0 Å². The summed E-state index contributed by atoms with van der Waals surface area (Å²) in [5, 5.41) is 17.0. The van der Waals surface area contributed by atoms with Crippen LogP contribution in [-0.4, -0.2) is 11.1 Å². The van der Waals surface area contributed by atoms with Crippen LogP contribution in [0.1, 0.15) is 22.3 Å². The van der Waals surface area contributed by atoms with Gasteiger partial charge in [-0.1, -0.05) is 11.8 Å². The van der Waals surface area contributed by atoms with E-state index in [0.29, 0.717) is 5.56 Å². The average molecular weight is 200 g/mol. The van der Waals surface area contributed by atoms with Crippen LogP contribution in [-0.2, 0) is 0 Å². The molecule has 1 rings (SSSR count). The van der Waals surface area contributed by atoms with Crippen molar-refractivity contribution in [3.05, 3.63) is 29.3 Å².